The van der Waals surface area contributed by atoms with Gasteiger partial charge in [-0.3, -0.25) is 9.59 Å². The molecule has 1 N–H and O–H groups in total. The number of nitrogens with one attached hydrogen (secondary N) is 1. The number of para-hydroxylation sites is 1. The highest BCUT2D eigenvalue weighted by atomic mass is 16.2. The molecule has 1 saturated heterocycles. The first-order valence-electron chi connectivity index (χ1n) is 13.9. The van der Waals surface area contributed by atoms with Crippen LogP contribution in [0.3, 0.4) is 0 Å². The minimum atomic E-state index is -0.561. The molecule has 2 amide bonds. The molecule has 0 bridgehead atoms. The molecule has 2 aromatic carbocycles. The third kappa shape index (κ3) is 4.26. The summed E-state index contributed by atoms with van der Waals surface area (Å²) in [5.74, 6) is 0.903. The van der Waals surface area contributed by atoms with Crippen LogP contribution in [0.25, 0.3) is 10.9 Å². The number of rotatable bonds is 6. The van der Waals surface area contributed by atoms with Gasteiger partial charge >= 0.3 is 0 Å². The summed E-state index contributed by atoms with van der Waals surface area (Å²) in [4.78, 5) is 42.6. The Kier molecular flexibility index (Phi) is 6.59. The van der Waals surface area contributed by atoms with E-state index < -0.39 is 6.04 Å². The van der Waals surface area contributed by atoms with Crippen LogP contribution in [0.15, 0.2) is 72.9 Å². The zero-order chi connectivity index (χ0) is 27.1. The van der Waals surface area contributed by atoms with Gasteiger partial charge in [-0.05, 0) is 42.7 Å². The van der Waals surface area contributed by atoms with Crippen LogP contribution < -0.4 is 4.90 Å². The van der Waals surface area contributed by atoms with Gasteiger partial charge in [-0.1, -0.05) is 62.7 Å². The molecule has 2 aliphatic rings. The Morgan fingerprint density at radius 3 is 2.46 bits per heavy atom. The maximum atomic E-state index is 14.4. The third-order valence-corrected chi connectivity index (χ3v) is 8.52. The molecule has 0 saturated carbocycles. The zero-order valence-corrected chi connectivity index (χ0v) is 22.8. The fourth-order valence-electron chi connectivity index (χ4n) is 6.31. The Labute approximate surface area is 229 Å². The number of anilines is 1. The maximum absolute atomic E-state index is 14.4. The smallest absolute Gasteiger partial charge is 0.255 e. The first-order valence-corrected chi connectivity index (χ1v) is 13.9. The van der Waals surface area contributed by atoms with Crippen LogP contribution in [0.5, 0.6) is 0 Å². The van der Waals surface area contributed by atoms with Crippen LogP contribution in [-0.2, 0) is 4.79 Å². The number of amides is 2. The Bertz CT molecular complexity index is 1510. The first-order chi connectivity index (χ1) is 19.0. The highest BCUT2D eigenvalue weighted by Crippen LogP contribution is 2.45. The lowest BCUT2D eigenvalue weighted by molar-refractivity contribution is -0.138. The molecule has 0 aliphatic carbocycles. The normalized spacial score (nSPS) is 18.9. The minimum Gasteiger partial charge on any atom is -0.358 e. The quantitative estimate of drug-likeness (QED) is 0.380. The molecule has 2 aliphatic heterocycles. The molecule has 4 aromatic rings. The Hall–Kier alpha value is -4.13. The van der Waals surface area contributed by atoms with Gasteiger partial charge < -0.3 is 19.7 Å². The van der Waals surface area contributed by atoms with E-state index in [0.717, 1.165) is 53.1 Å². The number of carbonyl (C=O) groups is 2. The van der Waals surface area contributed by atoms with E-state index in [9.17, 15) is 9.59 Å². The van der Waals surface area contributed by atoms with E-state index in [0.29, 0.717) is 18.7 Å². The van der Waals surface area contributed by atoms with Crippen molar-refractivity contribution >= 4 is 28.5 Å². The van der Waals surface area contributed by atoms with Gasteiger partial charge in [-0.2, -0.15) is 0 Å². The molecule has 2 aromatic heterocycles. The summed E-state index contributed by atoms with van der Waals surface area (Å²) in [7, 11) is 0. The van der Waals surface area contributed by atoms with Crippen LogP contribution in [0.1, 0.15) is 53.5 Å². The molecule has 0 spiro atoms. The molecule has 0 radical (unpaired) electrons. The molecule has 4 heterocycles. The topological polar surface area (TPSA) is 72.5 Å². The van der Waals surface area contributed by atoms with Crippen molar-refractivity contribution in [3.8, 4) is 0 Å². The second-order valence-corrected chi connectivity index (χ2v) is 10.7. The molecule has 1 fully saturated rings. The van der Waals surface area contributed by atoms with E-state index in [-0.39, 0.29) is 23.8 Å². The van der Waals surface area contributed by atoms with Crippen molar-refractivity contribution in [2.45, 2.75) is 39.3 Å². The Morgan fingerprint density at radius 2 is 1.72 bits per heavy atom. The van der Waals surface area contributed by atoms with Crippen molar-refractivity contribution in [2.24, 2.45) is 5.92 Å². The summed E-state index contributed by atoms with van der Waals surface area (Å²) in [6, 6.07) is 21.1. The van der Waals surface area contributed by atoms with Crippen LogP contribution in [0, 0.1) is 12.8 Å². The van der Waals surface area contributed by atoms with Crippen molar-refractivity contribution in [1.82, 2.24) is 19.8 Å². The van der Waals surface area contributed by atoms with Crippen molar-refractivity contribution in [3.05, 3.63) is 95.3 Å². The second kappa shape index (κ2) is 10.2. The van der Waals surface area contributed by atoms with Crippen LogP contribution in [-0.4, -0.2) is 63.8 Å². The Balaban J connectivity index is 1.38. The largest absolute Gasteiger partial charge is 0.358 e. The van der Waals surface area contributed by atoms with Gasteiger partial charge in [-0.15, -0.1) is 0 Å². The molecule has 7 heteroatoms. The fourth-order valence-corrected chi connectivity index (χ4v) is 6.31. The fraction of sp³-hybridized carbons (Fsp3) is 0.344. The summed E-state index contributed by atoms with van der Waals surface area (Å²) in [6.45, 7) is 8.91. The van der Waals surface area contributed by atoms with Gasteiger partial charge in [0.05, 0.1) is 6.04 Å². The number of benzene rings is 2. The van der Waals surface area contributed by atoms with Gasteiger partial charge in [0.2, 0.25) is 5.91 Å². The number of hydrogen-bond donors (Lipinski definition) is 1. The van der Waals surface area contributed by atoms with Crippen LogP contribution in [0.4, 0.5) is 5.82 Å². The number of aryl methyl sites for hydroxylation is 1. The van der Waals surface area contributed by atoms with E-state index in [1.807, 2.05) is 64.4 Å². The summed E-state index contributed by atoms with van der Waals surface area (Å²) in [5.41, 5.74) is 4.79. The molecule has 3 unspecified atom stereocenters. The number of H-pyrrole nitrogens is 1. The number of carbonyl (C=O) groups excluding carboxylic acids is 2. The number of fused-ring (bicyclic) bond motifs is 2. The van der Waals surface area contributed by atoms with Gasteiger partial charge in [0.25, 0.3) is 5.91 Å². The van der Waals surface area contributed by atoms with E-state index in [2.05, 4.69) is 47.8 Å². The monoisotopic (exact) mass is 521 g/mol. The predicted octanol–water partition coefficient (Wildman–Crippen LogP) is 5.18. The number of piperazine rings is 1. The lowest BCUT2D eigenvalue weighted by Crippen LogP contribution is -2.57. The van der Waals surface area contributed by atoms with Gasteiger partial charge in [0.1, 0.15) is 11.9 Å². The summed E-state index contributed by atoms with van der Waals surface area (Å²) in [5, 5.41) is 1.09. The molecule has 6 rings (SSSR count). The van der Waals surface area contributed by atoms with Crippen molar-refractivity contribution in [1.29, 1.82) is 0 Å². The summed E-state index contributed by atoms with van der Waals surface area (Å²) < 4.78 is 0. The molecular formula is C32H35N5O2. The van der Waals surface area contributed by atoms with Gasteiger partial charge in [-0.25, -0.2) is 4.98 Å². The molecular weight excluding hydrogens is 486 g/mol. The van der Waals surface area contributed by atoms with E-state index in [1.165, 1.54) is 0 Å². The molecule has 3 atom stereocenters. The number of aromatic nitrogens is 2. The number of aromatic amines is 1. The predicted molar refractivity (Wildman–Crippen MR) is 154 cm³/mol. The second-order valence-electron chi connectivity index (χ2n) is 10.7. The standard InChI is InChI=1S/C32H35N5O2/c1-4-21(2)29(32(39)36-19-17-35(18-20-36)27-15-9-10-16-33-27)37-30(23-11-5-6-12-24(23)31(37)38)28-22(3)34-26-14-8-7-13-25(26)28/h5-16,21,29-30,34H,4,17-20H2,1-3H3. The molecule has 39 heavy (non-hydrogen) atoms. The van der Waals surface area contributed by atoms with Crippen molar-refractivity contribution < 1.29 is 9.59 Å². The van der Waals surface area contributed by atoms with E-state index >= 15 is 0 Å². The van der Waals surface area contributed by atoms with E-state index in [4.69, 9.17) is 0 Å². The molecule has 200 valence electrons. The van der Waals surface area contributed by atoms with Crippen molar-refractivity contribution in [2.75, 3.05) is 31.1 Å². The SMILES string of the molecule is CCC(C)C(C(=O)N1CCN(c2ccccn2)CC1)N1C(=O)c2ccccc2C1c1c(C)[nH]c2ccccc12. The van der Waals surface area contributed by atoms with Gasteiger partial charge in [0.15, 0.2) is 0 Å². The third-order valence-electron chi connectivity index (χ3n) is 8.52. The highest BCUT2D eigenvalue weighted by molar-refractivity contribution is 6.03. The number of nitrogens with zero attached hydrogens (tertiary/aromatic N) is 4. The number of hydrogen-bond acceptors (Lipinski definition) is 4. The van der Waals surface area contributed by atoms with E-state index in [1.54, 1.807) is 6.20 Å². The zero-order valence-electron chi connectivity index (χ0n) is 22.8. The average Bonchev–Trinajstić information content (AvgIpc) is 3.46. The van der Waals surface area contributed by atoms with Crippen LogP contribution in [0.2, 0.25) is 0 Å². The first kappa shape index (κ1) is 25.2. The van der Waals surface area contributed by atoms with Crippen molar-refractivity contribution in [3.63, 3.8) is 0 Å². The average molecular weight is 522 g/mol. The minimum absolute atomic E-state index is 0.00223. The molecule has 7 nitrogen and oxygen atoms in total. The summed E-state index contributed by atoms with van der Waals surface area (Å²) in [6.07, 6.45) is 2.60. The van der Waals surface area contributed by atoms with Crippen LogP contribution >= 0.6 is 0 Å². The lowest BCUT2D eigenvalue weighted by Gasteiger charge is -2.42. The summed E-state index contributed by atoms with van der Waals surface area (Å²) >= 11 is 0. The highest BCUT2D eigenvalue weighted by Gasteiger charge is 2.47. The number of pyridine rings is 1. The van der Waals surface area contributed by atoms with Gasteiger partial charge in [0, 0.05) is 60.1 Å². The Morgan fingerprint density at radius 1 is 1.00 bits per heavy atom. The maximum Gasteiger partial charge on any atom is 0.255 e. The lowest BCUT2D eigenvalue weighted by atomic mass is 9.91.